The van der Waals surface area contributed by atoms with Gasteiger partial charge in [0.05, 0.1) is 17.7 Å². The fraction of sp³-hybridized carbons (Fsp3) is 0.192. The lowest BCUT2D eigenvalue weighted by Gasteiger charge is -2.19. The van der Waals surface area contributed by atoms with E-state index in [-0.39, 0.29) is 16.1 Å². The molecular weight excluding hydrogens is 437 g/mol. The Morgan fingerprint density at radius 1 is 0.970 bits per heavy atom. The van der Waals surface area contributed by atoms with Crippen LogP contribution in [0.4, 0.5) is 4.39 Å². The third-order valence-electron chi connectivity index (χ3n) is 5.53. The smallest absolute Gasteiger partial charge is 0.276 e. The Bertz CT molecular complexity index is 1420. The number of para-hydroxylation sites is 1. The van der Waals surface area contributed by atoms with Gasteiger partial charge in [0, 0.05) is 28.2 Å². The van der Waals surface area contributed by atoms with Crippen LogP contribution < -0.4 is 4.83 Å². The van der Waals surface area contributed by atoms with Gasteiger partial charge in [-0.25, -0.2) is 9.22 Å². The molecule has 5 nitrogen and oxygen atoms in total. The van der Waals surface area contributed by atoms with Crippen LogP contribution in [-0.2, 0) is 22.0 Å². The van der Waals surface area contributed by atoms with E-state index >= 15 is 0 Å². The number of hydrogen-bond acceptors (Lipinski definition) is 3. The van der Waals surface area contributed by atoms with Gasteiger partial charge in [0.1, 0.15) is 5.82 Å². The van der Waals surface area contributed by atoms with Gasteiger partial charge in [-0.05, 0) is 35.2 Å². The minimum atomic E-state index is -3.80. The van der Waals surface area contributed by atoms with Crippen molar-refractivity contribution in [1.29, 1.82) is 0 Å². The third kappa shape index (κ3) is 4.98. The lowest BCUT2D eigenvalue weighted by Crippen LogP contribution is -2.19. The molecule has 0 bridgehead atoms. The second kappa shape index (κ2) is 8.83. The van der Waals surface area contributed by atoms with Crippen molar-refractivity contribution in [2.45, 2.75) is 37.6 Å². The molecule has 0 amide bonds. The molecule has 0 atom stereocenters. The number of benzene rings is 3. The van der Waals surface area contributed by atoms with Crippen LogP contribution in [0.15, 0.2) is 89.0 Å². The summed E-state index contributed by atoms with van der Waals surface area (Å²) < 4.78 is 41.4. The molecule has 0 unspecified atom stereocenters. The molecule has 0 saturated heterocycles. The summed E-state index contributed by atoms with van der Waals surface area (Å²) in [6, 6.07) is 21.1. The minimum Gasteiger partial charge on any atom is -0.342 e. The fourth-order valence-corrected chi connectivity index (χ4v) is 4.46. The van der Waals surface area contributed by atoms with Crippen LogP contribution in [0.2, 0.25) is 0 Å². The molecular formula is C26H26FN3O2S. The largest absolute Gasteiger partial charge is 0.342 e. The number of halogens is 1. The van der Waals surface area contributed by atoms with Gasteiger partial charge < -0.3 is 4.57 Å². The van der Waals surface area contributed by atoms with Gasteiger partial charge in [0.15, 0.2) is 0 Å². The van der Waals surface area contributed by atoms with Gasteiger partial charge in [0.25, 0.3) is 10.0 Å². The van der Waals surface area contributed by atoms with Crippen LogP contribution >= 0.6 is 0 Å². The molecule has 33 heavy (non-hydrogen) atoms. The van der Waals surface area contributed by atoms with Crippen molar-refractivity contribution in [2.75, 3.05) is 0 Å². The predicted octanol–water partition coefficient (Wildman–Crippen LogP) is 5.44. The molecule has 0 aliphatic heterocycles. The number of aromatic nitrogens is 1. The van der Waals surface area contributed by atoms with Gasteiger partial charge in [-0.1, -0.05) is 69.3 Å². The molecule has 4 aromatic rings. The maximum absolute atomic E-state index is 14.2. The summed E-state index contributed by atoms with van der Waals surface area (Å²) in [7, 11) is -3.80. The molecule has 4 rings (SSSR count). The van der Waals surface area contributed by atoms with Crippen LogP contribution in [-0.4, -0.2) is 19.2 Å². The summed E-state index contributed by atoms with van der Waals surface area (Å²) in [6.07, 6.45) is 3.31. The zero-order valence-corrected chi connectivity index (χ0v) is 19.6. The minimum absolute atomic E-state index is 0.0647. The SMILES string of the molecule is CC(C)(C)c1ccc(S(=O)(=O)NN=Cc2cn(Cc3ccccc3F)c3ccccc23)cc1. The number of sulfonamides is 1. The van der Waals surface area contributed by atoms with Crippen molar-refractivity contribution in [3.05, 3.63) is 102 Å². The van der Waals surface area contributed by atoms with E-state index in [1.165, 1.54) is 12.3 Å². The van der Waals surface area contributed by atoms with Gasteiger partial charge in [0.2, 0.25) is 0 Å². The van der Waals surface area contributed by atoms with Gasteiger partial charge >= 0.3 is 0 Å². The maximum atomic E-state index is 14.2. The summed E-state index contributed by atoms with van der Waals surface area (Å²) in [5, 5.41) is 4.89. The molecule has 170 valence electrons. The lowest BCUT2D eigenvalue weighted by atomic mass is 9.87. The molecule has 3 aromatic carbocycles. The summed E-state index contributed by atoms with van der Waals surface area (Å²) in [6.45, 7) is 6.57. The molecule has 1 aromatic heterocycles. The molecule has 0 aliphatic carbocycles. The van der Waals surface area contributed by atoms with Crippen molar-refractivity contribution >= 4 is 27.1 Å². The first kappa shape index (κ1) is 22.7. The number of fused-ring (bicyclic) bond motifs is 1. The Kier molecular flexibility index (Phi) is 6.08. The van der Waals surface area contributed by atoms with E-state index in [0.29, 0.717) is 12.1 Å². The highest BCUT2D eigenvalue weighted by Gasteiger charge is 2.17. The Labute approximate surface area is 193 Å². The summed E-state index contributed by atoms with van der Waals surface area (Å²) >= 11 is 0. The number of nitrogens with zero attached hydrogens (tertiary/aromatic N) is 2. The third-order valence-corrected chi connectivity index (χ3v) is 6.76. The Hall–Kier alpha value is -3.45. The molecule has 0 spiro atoms. The first-order valence-corrected chi connectivity index (χ1v) is 12.1. The van der Waals surface area contributed by atoms with Crippen LogP contribution in [0.5, 0.6) is 0 Å². The zero-order chi connectivity index (χ0) is 23.6. The maximum Gasteiger partial charge on any atom is 0.276 e. The molecule has 1 N–H and O–H groups in total. The fourth-order valence-electron chi connectivity index (χ4n) is 3.67. The average molecular weight is 464 g/mol. The second-order valence-corrected chi connectivity index (χ2v) is 10.6. The highest BCUT2D eigenvalue weighted by Crippen LogP contribution is 2.24. The predicted molar refractivity (Wildman–Crippen MR) is 130 cm³/mol. The number of rotatable bonds is 6. The van der Waals surface area contributed by atoms with E-state index < -0.39 is 10.0 Å². The topological polar surface area (TPSA) is 63.5 Å². The monoisotopic (exact) mass is 463 g/mol. The number of hydrazone groups is 1. The van der Waals surface area contributed by atoms with Crippen LogP contribution in [0, 0.1) is 5.82 Å². The molecule has 7 heteroatoms. The van der Waals surface area contributed by atoms with E-state index in [1.54, 1.807) is 30.3 Å². The van der Waals surface area contributed by atoms with Crippen molar-refractivity contribution in [1.82, 2.24) is 9.40 Å². The normalized spacial score (nSPS) is 12.5. The van der Waals surface area contributed by atoms with E-state index in [9.17, 15) is 12.8 Å². The number of hydrogen-bond donors (Lipinski definition) is 1. The van der Waals surface area contributed by atoms with E-state index in [0.717, 1.165) is 22.0 Å². The Balaban J connectivity index is 1.57. The van der Waals surface area contributed by atoms with E-state index in [4.69, 9.17) is 0 Å². The van der Waals surface area contributed by atoms with Crippen molar-refractivity contribution < 1.29 is 12.8 Å². The zero-order valence-electron chi connectivity index (χ0n) is 18.8. The molecule has 0 aliphatic rings. The van der Waals surface area contributed by atoms with Crippen molar-refractivity contribution in [2.24, 2.45) is 5.10 Å². The van der Waals surface area contributed by atoms with E-state index in [2.05, 4.69) is 30.7 Å². The highest BCUT2D eigenvalue weighted by molar-refractivity contribution is 7.89. The van der Waals surface area contributed by atoms with Crippen molar-refractivity contribution in [3.8, 4) is 0 Å². The first-order chi connectivity index (χ1) is 15.6. The number of nitrogens with one attached hydrogen (secondary N) is 1. The van der Waals surface area contributed by atoms with Gasteiger partial charge in [-0.15, -0.1) is 0 Å². The molecule has 0 fully saturated rings. The van der Waals surface area contributed by atoms with Crippen LogP contribution in [0.1, 0.15) is 37.5 Å². The molecule has 0 saturated carbocycles. The molecule has 0 radical (unpaired) electrons. The average Bonchev–Trinajstić information content (AvgIpc) is 3.12. The quantitative estimate of drug-likeness (QED) is 0.306. The lowest BCUT2D eigenvalue weighted by molar-refractivity contribution is 0.580. The van der Waals surface area contributed by atoms with E-state index in [1.807, 2.05) is 47.2 Å². The highest BCUT2D eigenvalue weighted by atomic mass is 32.2. The second-order valence-electron chi connectivity index (χ2n) is 8.95. The molecule has 1 heterocycles. The van der Waals surface area contributed by atoms with Gasteiger partial charge in [-0.2, -0.15) is 13.5 Å². The Morgan fingerprint density at radius 2 is 1.64 bits per heavy atom. The standard InChI is InChI=1S/C26H26FN3O2S/c1-26(2,3)21-12-14-22(15-13-21)33(31,32)29-28-16-20-18-30(25-11-7-5-9-23(20)25)17-19-8-4-6-10-24(19)27/h4-16,18,29H,17H2,1-3H3. The first-order valence-electron chi connectivity index (χ1n) is 10.6. The Morgan fingerprint density at radius 3 is 2.33 bits per heavy atom. The summed E-state index contributed by atoms with van der Waals surface area (Å²) in [4.78, 5) is 2.43. The summed E-state index contributed by atoms with van der Waals surface area (Å²) in [5.74, 6) is -0.268. The van der Waals surface area contributed by atoms with Crippen LogP contribution in [0.25, 0.3) is 10.9 Å². The van der Waals surface area contributed by atoms with Crippen LogP contribution in [0.3, 0.4) is 0 Å². The van der Waals surface area contributed by atoms with Crippen molar-refractivity contribution in [3.63, 3.8) is 0 Å². The summed E-state index contributed by atoms with van der Waals surface area (Å²) in [5.41, 5.74) is 3.19. The van der Waals surface area contributed by atoms with Gasteiger partial charge in [-0.3, -0.25) is 0 Å².